The number of aromatic nitrogens is 1. The highest BCUT2D eigenvalue weighted by molar-refractivity contribution is 5.78. The van der Waals surface area contributed by atoms with Gasteiger partial charge < -0.3 is 15.5 Å². The van der Waals surface area contributed by atoms with Crippen LogP contribution in [0, 0.1) is 11.3 Å². The van der Waals surface area contributed by atoms with E-state index in [-0.39, 0.29) is 0 Å². The first-order chi connectivity index (χ1) is 8.04. The van der Waals surface area contributed by atoms with Crippen LogP contribution >= 0.6 is 0 Å². The minimum Gasteiger partial charge on any atom is -0.423 e. The van der Waals surface area contributed by atoms with Gasteiger partial charge >= 0.3 is 0 Å². The molecular formula is C13H17N3O. The van der Waals surface area contributed by atoms with Crippen LogP contribution in [0.4, 0.5) is 11.7 Å². The summed E-state index contributed by atoms with van der Waals surface area (Å²) in [7, 11) is 0. The van der Waals surface area contributed by atoms with Crippen molar-refractivity contribution in [2.45, 2.75) is 20.3 Å². The fraction of sp³-hybridized carbons (Fsp3) is 0.462. The normalized spacial score (nSPS) is 21.6. The molecule has 17 heavy (non-hydrogen) atoms. The van der Waals surface area contributed by atoms with E-state index in [1.54, 1.807) is 6.07 Å². The molecule has 0 aliphatic heterocycles. The summed E-state index contributed by atoms with van der Waals surface area (Å²) in [4.78, 5) is 4.37. The third-order valence-corrected chi connectivity index (χ3v) is 3.63. The lowest BCUT2D eigenvalue weighted by Crippen LogP contribution is -2.07. The van der Waals surface area contributed by atoms with Crippen molar-refractivity contribution in [1.29, 1.82) is 0 Å². The van der Waals surface area contributed by atoms with Crippen LogP contribution in [0.25, 0.3) is 11.1 Å². The Bertz CT molecular complexity index is 559. The van der Waals surface area contributed by atoms with E-state index in [0.717, 1.165) is 23.6 Å². The Kier molecular flexibility index (Phi) is 2.08. The van der Waals surface area contributed by atoms with Crippen molar-refractivity contribution < 1.29 is 4.42 Å². The number of anilines is 2. The number of oxazole rings is 1. The fourth-order valence-corrected chi connectivity index (χ4v) is 2.15. The molecule has 1 aliphatic carbocycles. The molecule has 1 aromatic heterocycles. The standard InChI is InChI=1S/C13H17N3O/c1-13(2)6-8(13)7-15-12-16-10-4-3-9(14)5-11(10)17-12/h3-5,8H,6-7,14H2,1-2H3,(H,15,16). The number of rotatable bonds is 3. The number of nitrogens with one attached hydrogen (secondary N) is 1. The molecular weight excluding hydrogens is 214 g/mol. The number of nitrogens with two attached hydrogens (primary N) is 1. The number of nitrogens with zero attached hydrogens (tertiary/aromatic N) is 1. The van der Waals surface area contributed by atoms with Crippen LogP contribution in [0.3, 0.4) is 0 Å². The minimum atomic E-state index is 0.476. The molecule has 0 bridgehead atoms. The SMILES string of the molecule is CC1(C)CC1CNc1nc2ccc(N)cc2o1. The third kappa shape index (κ3) is 1.95. The summed E-state index contributed by atoms with van der Waals surface area (Å²) >= 11 is 0. The summed E-state index contributed by atoms with van der Waals surface area (Å²) in [6, 6.07) is 6.10. The van der Waals surface area contributed by atoms with Gasteiger partial charge in [0.15, 0.2) is 5.58 Å². The lowest BCUT2D eigenvalue weighted by molar-refractivity contribution is 0.560. The van der Waals surface area contributed by atoms with Gasteiger partial charge in [0.2, 0.25) is 0 Å². The van der Waals surface area contributed by atoms with Gasteiger partial charge in [-0.15, -0.1) is 0 Å². The summed E-state index contributed by atoms with van der Waals surface area (Å²) in [5.74, 6) is 0.725. The van der Waals surface area contributed by atoms with Crippen molar-refractivity contribution in [1.82, 2.24) is 4.98 Å². The van der Waals surface area contributed by atoms with Crippen LogP contribution in [-0.2, 0) is 0 Å². The zero-order valence-electron chi connectivity index (χ0n) is 10.2. The summed E-state index contributed by atoms with van der Waals surface area (Å²) in [5.41, 5.74) is 8.45. The highest BCUT2D eigenvalue weighted by Gasteiger charge is 2.45. The Morgan fingerprint density at radius 3 is 3.00 bits per heavy atom. The van der Waals surface area contributed by atoms with Crippen LogP contribution < -0.4 is 11.1 Å². The molecule has 1 aromatic carbocycles. The molecule has 4 nitrogen and oxygen atoms in total. The van der Waals surface area contributed by atoms with Gasteiger partial charge in [0.1, 0.15) is 5.52 Å². The number of fused-ring (bicyclic) bond motifs is 1. The van der Waals surface area contributed by atoms with Gasteiger partial charge in [-0.1, -0.05) is 13.8 Å². The second-order valence-corrected chi connectivity index (χ2v) is 5.52. The van der Waals surface area contributed by atoms with Crippen LogP contribution in [0.2, 0.25) is 0 Å². The fourth-order valence-electron chi connectivity index (χ4n) is 2.15. The summed E-state index contributed by atoms with van der Waals surface area (Å²) < 4.78 is 5.59. The Hall–Kier alpha value is -1.71. The van der Waals surface area contributed by atoms with Crippen molar-refractivity contribution in [3.8, 4) is 0 Å². The van der Waals surface area contributed by atoms with E-state index in [0.29, 0.717) is 17.1 Å². The zero-order chi connectivity index (χ0) is 12.0. The maximum Gasteiger partial charge on any atom is 0.295 e. The molecule has 90 valence electrons. The Balaban J connectivity index is 1.73. The van der Waals surface area contributed by atoms with Gasteiger partial charge in [-0.2, -0.15) is 4.98 Å². The summed E-state index contributed by atoms with van der Waals surface area (Å²) in [6.45, 7) is 5.49. The predicted octanol–water partition coefficient (Wildman–Crippen LogP) is 2.87. The number of hydrogen-bond donors (Lipinski definition) is 2. The Morgan fingerprint density at radius 1 is 1.53 bits per heavy atom. The van der Waals surface area contributed by atoms with Gasteiger partial charge in [-0.25, -0.2) is 0 Å². The highest BCUT2D eigenvalue weighted by Crippen LogP contribution is 2.51. The van der Waals surface area contributed by atoms with E-state index < -0.39 is 0 Å². The summed E-state index contributed by atoms with van der Waals surface area (Å²) in [5, 5.41) is 3.25. The molecule has 4 heteroatoms. The van der Waals surface area contributed by atoms with Gasteiger partial charge in [-0.3, -0.25) is 0 Å². The van der Waals surface area contributed by atoms with E-state index in [2.05, 4.69) is 24.1 Å². The molecule has 0 saturated heterocycles. The highest BCUT2D eigenvalue weighted by atomic mass is 16.4. The molecule has 2 aromatic rings. The van der Waals surface area contributed by atoms with E-state index in [1.165, 1.54) is 6.42 Å². The lowest BCUT2D eigenvalue weighted by Gasteiger charge is -2.02. The van der Waals surface area contributed by atoms with Crippen molar-refractivity contribution in [2.24, 2.45) is 11.3 Å². The van der Waals surface area contributed by atoms with Crippen LogP contribution in [0.15, 0.2) is 22.6 Å². The molecule has 0 radical (unpaired) electrons. The molecule has 1 fully saturated rings. The first-order valence-electron chi connectivity index (χ1n) is 5.94. The van der Waals surface area contributed by atoms with Crippen molar-refractivity contribution in [3.05, 3.63) is 18.2 Å². The van der Waals surface area contributed by atoms with E-state index in [4.69, 9.17) is 10.2 Å². The molecule has 1 atom stereocenters. The molecule has 1 aliphatic rings. The zero-order valence-corrected chi connectivity index (χ0v) is 10.2. The quantitative estimate of drug-likeness (QED) is 0.797. The molecule has 3 rings (SSSR count). The second kappa shape index (κ2) is 3.39. The van der Waals surface area contributed by atoms with Crippen molar-refractivity contribution in [2.75, 3.05) is 17.6 Å². The average Bonchev–Trinajstić information content (AvgIpc) is 2.71. The number of nitrogen functional groups attached to an aromatic ring is 1. The van der Waals surface area contributed by atoms with Crippen LogP contribution in [0.5, 0.6) is 0 Å². The first kappa shape index (κ1) is 10.4. The van der Waals surface area contributed by atoms with Crippen LogP contribution in [-0.4, -0.2) is 11.5 Å². The van der Waals surface area contributed by atoms with E-state index in [9.17, 15) is 0 Å². The Labute approximate surface area is 100 Å². The Morgan fingerprint density at radius 2 is 2.29 bits per heavy atom. The van der Waals surface area contributed by atoms with Gasteiger partial charge in [0.25, 0.3) is 6.01 Å². The van der Waals surface area contributed by atoms with Gasteiger partial charge in [0.05, 0.1) is 0 Å². The number of hydrogen-bond acceptors (Lipinski definition) is 4. The van der Waals surface area contributed by atoms with Crippen molar-refractivity contribution >= 4 is 22.8 Å². The smallest absolute Gasteiger partial charge is 0.295 e. The predicted molar refractivity (Wildman–Crippen MR) is 68.8 cm³/mol. The lowest BCUT2D eigenvalue weighted by atomic mass is 10.1. The third-order valence-electron chi connectivity index (χ3n) is 3.63. The van der Waals surface area contributed by atoms with Gasteiger partial charge in [0, 0.05) is 18.3 Å². The van der Waals surface area contributed by atoms with E-state index in [1.807, 2.05) is 12.1 Å². The second-order valence-electron chi connectivity index (χ2n) is 5.52. The van der Waals surface area contributed by atoms with Gasteiger partial charge in [-0.05, 0) is 29.9 Å². The number of benzene rings is 1. The average molecular weight is 231 g/mol. The molecule has 0 spiro atoms. The maximum absolute atomic E-state index is 5.69. The molecule has 1 heterocycles. The largest absolute Gasteiger partial charge is 0.423 e. The molecule has 1 saturated carbocycles. The first-order valence-corrected chi connectivity index (χ1v) is 5.94. The molecule has 3 N–H and O–H groups in total. The summed E-state index contributed by atoms with van der Waals surface area (Å²) in [6.07, 6.45) is 1.27. The monoisotopic (exact) mass is 231 g/mol. The van der Waals surface area contributed by atoms with Crippen LogP contribution in [0.1, 0.15) is 20.3 Å². The van der Waals surface area contributed by atoms with Crippen molar-refractivity contribution in [3.63, 3.8) is 0 Å². The van der Waals surface area contributed by atoms with E-state index >= 15 is 0 Å². The topological polar surface area (TPSA) is 64.1 Å². The maximum atomic E-state index is 5.69. The molecule has 0 amide bonds. The molecule has 1 unspecified atom stereocenters. The minimum absolute atomic E-state index is 0.476.